The van der Waals surface area contributed by atoms with Crippen LogP contribution in [0.4, 0.5) is 13.2 Å². The van der Waals surface area contributed by atoms with Gasteiger partial charge >= 0.3 is 6.36 Å². The Bertz CT molecular complexity index is 508. The van der Waals surface area contributed by atoms with Crippen LogP contribution in [0.3, 0.4) is 0 Å². The lowest BCUT2D eigenvalue weighted by Gasteiger charge is -2.09. The highest BCUT2D eigenvalue weighted by atomic mass is 19.4. The van der Waals surface area contributed by atoms with Crippen molar-refractivity contribution in [3.63, 3.8) is 0 Å². The standard InChI is InChI=1S/C16H24F3N3O3/c1-23-10-11-24-9-3-2-8-21-15(20)22-12-13-4-6-14(7-5-13)25-16(17,18)19/h4-7H,2-3,8-12H2,1H3,(H3,20,21,22). The second-order valence-corrected chi connectivity index (χ2v) is 5.13. The normalized spacial score (nSPS) is 12.2. The minimum Gasteiger partial charge on any atom is -0.406 e. The van der Waals surface area contributed by atoms with Gasteiger partial charge in [0.25, 0.3) is 0 Å². The third-order valence-electron chi connectivity index (χ3n) is 3.04. The molecule has 1 aromatic carbocycles. The van der Waals surface area contributed by atoms with Crippen LogP contribution in [-0.4, -0.2) is 45.8 Å². The van der Waals surface area contributed by atoms with E-state index in [0.717, 1.165) is 18.4 Å². The summed E-state index contributed by atoms with van der Waals surface area (Å²) >= 11 is 0. The molecule has 0 atom stereocenters. The fraction of sp³-hybridized carbons (Fsp3) is 0.562. The van der Waals surface area contributed by atoms with E-state index in [1.165, 1.54) is 24.3 Å². The third kappa shape index (κ3) is 11.2. The summed E-state index contributed by atoms with van der Waals surface area (Å²) in [6.45, 7) is 2.77. The van der Waals surface area contributed by atoms with E-state index in [1.807, 2.05) is 0 Å². The molecule has 6 nitrogen and oxygen atoms in total. The number of hydrogen-bond acceptors (Lipinski definition) is 4. The van der Waals surface area contributed by atoms with E-state index < -0.39 is 6.36 Å². The van der Waals surface area contributed by atoms with Crippen LogP contribution in [-0.2, 0) is 16.0 Å². The van der Waals surface area contributed by atoms with E-state index in [4.69, 9.17) is 15.2 Å². The summed E-state index contributed by atoms with van der Waals surface area (Å²) in [5.41, 5.74) is 6.46. The van der Waals surface area contributed by atoms with Crippen LogP contribution in [0.25, 0.3) is 0 Å². The second kappa shape index (κ2) is 11.5. The first-order chi connectivity index (χ1) is 11.9. The topological polar surface area (TPSA) is 78.1 Å². The summed E-state index contributed by atoms with van der Waals surface area (Å²) in [5, 5.41) is 2.97. The number of benzene rings is 1. The molecule has 3 N–H and O–H groups in total. The van der Waals surface area contributed by atoms with E-state index in [0.29, 0.717) is 26.4 Å². The first kappa shape index (κ1) is 21.0. The molecule has 0 aliphatic heterocycles. The van der Waals surface area contributed by atoms with E-state index >= 15 is 0 Å². The lowest BCUT2D eigenvalue weighted by molar-refractivity contribution is -0.274. The number of rotatable bonds is 11. The Kier molecular flexibility index (Phi) is 9.71. The first-order valence-corrected chi connectivity index (χ1v) is 7.86. The number of alkyl halides is 3. The van der Waals surface area contributed by atoms with Gasteiger partial charge in [-0.1, -0.05) is 12.1 Å². The molecule has 0 heterocycles. The SMILES string of the molecule is COCCOCCCCNC(N)=NCc1ccc(OC(F)(F)F)cc1. The predicted octanol–water partition coefficient (Wildman–Crippen LogP) is 2.43. The average molecular weight is 363 g/mol. The van der Waals surface area contributed by atoms with Gasteiger partial charge in [-0.05, 0) is 30.5 Å². The molecule has 0 aliphatic rings. The maximum Gasteiger partial charge on any atom is 0.573 e. The van der Waals surface area contributed by atoms with E-state index in [9.17, 15) is 13.2 Å². The fourth-order valence-corrected chi connectivity index (χ4v) is 1.82. The number of nitrogens with zero attached hydrogens (tertiary/aromatic N) is 1. The van der Waals surface area contributed by atoms with Crippen LogP contribution in [0.15, 0.2) is 29.3 Å². The fourth-order valence-electron chi connectivity index (χ4n) is 1.82. The Morgan fingerprint density at radius 3 is 2.48 bits per heavy atom. The number of guanidine groups is 1. The minimum atomic E-state index is -4.69. The number of nitrogens with one attached hydrogen (secondary N) is 1. The lowest BCUT2D eigenvalue weighted by atomic mass is 10.2. The zero-order valence-corrected chi connectivity index (χ0v) is 14.1. The van der Waals surface area contributed by atoms with Crippen molar-refractivity contribution in [2.45, 2.75) is 25.7 Å². The van der Waals surface area contributed by atoms with Crippen LogP contribution >= 0.6 is 0 Å². The number of methoxy groups -OCH3 is 1. The molecule has 25 heavy (non-hydrogen) atoms. The monoisotopic (exact) mass is 363 g/mol. The van der Waals surface area contributed by atoms with Gasteiger partial charge in [0, 0.05) is 20.3 Å². The molecular formula is C16H24F3N3O3. The molecule has 1 aromatic rings. The number of aliphatic imine (C=N–C) groups is 1. The molecule has 0 aromatic heterocycles. The largest absolute Gasteiger partial charge is 0.573 e. The van der Waals surface area contributed by atoms with Crippen LogP contribution in [0.5, 0.6) is 5.75 Å². The van der Waals surface area contributed by atoms with Gasteiger partial charge < -0.3 is 25.3 Å². The zero-order valence-electron chi connectivity index (χ0n) is 14.1. The summed E-state index contributed by atoms with van der Waals surface area (Å²) in [6, 6.07) is 5.50. The maximum atomic E-state index is 12.1. The zero-order chi connectivity index (χ0) is 18.5. The number of unbranched alkanes of at least 4 members (excludes halogenated alkanes) is 1. The maximum absolute atomic E-state index is 12.1. The summed E-state index contributed by atoms with van der Waals surface area (Å²) in [6.07, 6.45) is -2.92. The summed E-state index contributed by atoms with van der Waals surface area (Å²) in [4.78, 5) is 4.13. The molecule has 0 aliphatic carbocycles. The Labute approximate surface area is 145 Å². The van der Waals surface area contributed by atoms with Gasteiger partial charge in [0.05, 0.1) is 19.8 Å². The second-order valence-electron chi connectivity index (χ2n) is 5.13. The van der Waals surface area contributed by atoms with E-state index in [1.54, 1.807) is 7.11 Å². The van der Waals surface area contributed by atoms with Crippen LogP contribution in [0.1, 0.15) is 18.4 Å². The van der Waals surface area contributed by atoms with Crippen molar-refractivity contribution >= 4 is 5.96 Å². The van der Waals surface area contributed by atoms with Gasteiger partial charge in [-0.15, -0.1) is 13.2 Å². The molecule has 0 amide bonds. The summed E-state index contributed by atoms with van der Waals surface area (Å²) in [7, 11) is 1.63. The van der Waals surface area contributed by atoms with Gasteiger partial charge in [-0.3, -0.25) is 0 Å². The number of ether oxygens (including phenoxy) is 3. The van der Waals surface area contributed by atoms with Crippen molar-refractivity contribution in [2.24, 2.45) is 10.7 Å². The van der Waals surface area contributed by atoms with E-state index in [2.05, 4.69) is 15.0 Å². The van der Waals surface area contributed by atoms with Crippen molar-refractivity contribution < 1.29 is 27.4 Å². The number of nitrogens with two attached hydrogens (primary N) is 1. The molecular weight excluding hydrogens is 339 g/mol. The van der Waals surface area contributed by atoms with Gasteiger partial charge in [0.2, 0.25) is 0 Å². The van der Waals surface area contributed by atoms with Crippen LogP contribution in [0.2, 0.25) is 0 Å². The Morgan fingerprint density at radius 1 is 1.12 bits per heavy atom. The van der Waals surface area contributed by atoms with Crippen LogP contribution in [0, 0.1) is 0 Å². The highest BCUT2D eigenvalue weighted by Gasteiger charge is 2.30. The molecule has 0 fully saturated rings. The Morgan fingerprint density at radius 2 is 1.84 bits per heavy atom. The van der Waals surface area contributed by atoms with Crippen molar-refractivity contribution in [1.82, 2.24) is 5.32 Å². The molecule has 1 rings (SSSR count). The Balaban J connectivity index is 2.20. The molecule has 0 unspecified atom stereocenters. The Hall–Kier alpha value is -2.00. The van der Waals surface area contributed by atoms with Crippen molar-refractivity contribution in [3.05, 3.63) is 29.8 Å². The molecule has 9 heteroatoms. The lowest BCUT2D eigenvalue weighted by Crippen LogP contribution is -2.32. The molecule has 0 radical (unpaired) electrons. The highest BCUT2D eigenvalue weighted by Crippen LogP contribution is 2.22. The smallest absolute Gasteiger partial charge is 0.406 e. The molecule has 0 saturated carbocycles. The average Bonchev–Trinajstić information content (AvgIpc) is 2.55. The molecule has 0 saturated heterocycles. The predicted molar refractivity (Wildman–Crippen MR) is 88.4 cm³/mol. The van der Waals surface area contributed by atoms with Crippen molar-refractivity contribution in [3.8, 4) is 5.75 Å². The quantitative estimate of drug-likeness (QED) is 0.359. The molecule has 0 spiro atoms. The van der Waals surface area contributed by atoms with Crippen molar-refractivity contribution in [1.29, 1.82) is 0 Å². The first-order valence-electron chi connectivity index (χ1n) is 7.86. The molecule has 0 bridgehead atoms. The third-order valence-corrected chi connectivity index (χ3v) is 3.04. The molecule has 142 valence electrons. The number of hydrogen-bond donors (Lipinski definition) is 2. The van der Waals surface area contributed by atoms with Gasteiger partial charge in [-0.25, -0.2) is 4.99 Å². The summed E-state index contributed by atoms with van der Waals surface area (Å²) in [5.74, 6) is 0.0231. The summed E-state index contributed by atoms with van der Waals surface area (Å²) < 4.78 is 50.2. The minimum absolute atomic E-state index is 0.265. The van der Waals surface area contributed by atoms with Gasteiger partial charge in [0.1, 0.15) is 5.75 Å². The van der Waals surface area contributed by atoms with Gasteiger partial charge in [-0.2, -0.15) is 0 Å². The van der Waals surface area contributed by atoms with Crippen molar-refractivity contribution in [2.75, 3.05) is 33.5 Å². The number of halogens is 3. The van der Waals surface area contributed by atoms with Crippen LogP contribution < -0.4 is 15.8 Å². The van der Waals surface area contributed by atoms with Gasteiger partial charge in [0.15, 0.2) is 5.96 Å². The van der Waals surface area contributed by atoms with E-state index in [-0.39, 0.29) is 18.3 Å². The highest BCUT2D eigenvalue weighted by molar-refractivity contribution is 5.77.